The molecule has 0 saturated heterocycles. The number of anilines is 1. The highest BCUT2D eigenvalue weighted by atomic mass is 79.9. The van der Waals surface area contributed by atoms with Crippen molar-refractivity contribution >= 4 is 33.4 Å². The highest BCUT2D eigenvalue weighted by molar-refractivity contribution is 9.10. The van der Waals surface area contributed by atoms with E-state index in [-0.39, 0.29) is 18.4 Å². The molecule has 0 bridgehead atoms. The van der Waals surface area contributed by atoms with E-state index in [2.05, 4.69) is 26.3 Å². The number of hydrogen-bond acceptors (Lipinski definition) is 3. The molecule has 3 aromatic rings. The number of nitrogens with zero attached hydrogens (tertiary/aromatic N) is 3. The van der Waals surface area contributed by atoms with Crippen molar-refractivity contribution in [3.63, 3.8) is 0 Å². The molecule has 1 heterocycles. The third kappa shape index (κ3) is 4.62. The van der Waals surface area contributed by atoms with E-state index in [4.69, 9.17) is 0 Å². The summed E-state index contributed by atoms with van der Waals surface area (Å²) in [4.78, 5) is 26.2. The number of nitrogens with one attached hydrogen (secondary N) is 1. The molecule has 0 spiro atoms. The van der Waals surface area contributed by atoms with E-state index in [1.54, 1.807) is 30.1 Å². The van der Waals surface area contributed by atoms with Gasteiger partial charge in [0.2, 0.25) is 5.91 Å². The van der Waals surface area contributed by atoms with Crippen LogP contribution in [0.3, 0.4) is 0 Å². The smallest absolute Gasteiger partial charge is 0.254 e. The number of hydrogen-bond donors (Lipinski definition) is 1. The lowest BCUT2D eigenvalue weighted by atomic mass is 10.2. The molecule has 0 radical (unpaired) electrons. The van der Waals surface area contributed by atoms with Crippen LogP contribution in [0, 0.1) is 6.92 Å². The summed E-state index contributed by atoms with van der Waals surface area (Å²) in [5.74, 6) is -0.464. The number of amides is 2. The summed E-state index contributed by atoms with van der Waals surface area (Å²) in [5.41, 5.74) is 3.05. The van der Waals surface area contributed by atoms with Crippen LogP contribution in [0.4, 0.5) is 5.69 Å². The van der Waals surface area contributed by atoms with Crippen molar-refractivity contribution < 1.29 is 9.59 Å². The van der Waals surface area contributed by atoms with Crippen molar-refractivity contribution in [2.45, 2.75) is 6.92 Å². The SMILES string of the molecule is Cc1cc(Br)ccc1NC(=O)CN(C)C(=O)c1ccc(-n2cccn2)cc1. The Bertz CT molecular complexity index is 953. The van der Waals surface area contributed by atoms with Gasteiger partial charge in [0.15, 0.2) is 0 Å². The van der Waals surface area contributed by atoms with Gasteiger partial charge in [0.05, 0.1) is 12.2 Å². The predicted molar refractivity (Wildman–Crippen MR) is 108 cm³/mol. The van der Waals surface area contributed by atoms with Gasteiger partial charge in [-0.25, -0.2) is 4.68 Å². The standard InChI is InChI=1S/C20H19BrN4O2/c1-14-12-16(21)6-9-18(14)23-19(26)13-24(2)20(27)15-4-7-17(8-5-15)25-11-3-10-22-25/h3-12H,13H2,1-2H3,(H,23,26). The van der Waals surface area contributed by atoms with Crippen LogP contribution in [0.25, 0.3) is 5.69 Å². The van der Waals surface area contributed by atoms with Gasteiger partial charge in [0.1, 0.15) is 0 Å². The summed E-state index contributed by atoms with van der Waals surface area (Å²) in [6, 6.07) is 14.5. The molecule has 0 unspecified atom stereocenters. The van der Waals surface area contributed by atoms with Crippen molar-refractivity contribution in [2.75, 3.05) is 18.9 Å². The normalized spacial score (nSPS) is 10.5. The number of carbonyl (C=O) groups is 2. The van der Waals surface area contributed by atoms with Gasteiger partial charge in [-0.1, -0.05) is 15.9 Å². The van der Waals surface area contributed by atoms with Gasteiger partial charge in [0, 0.05) is 35.2 Å². The van der Waals surface area contributed by atoms with Crippen molar-refractivity contribution in [2.24, 2.45) is 0 Å². The molecule has 0 aliphatic heterocycles. The lowest BCUT2D eigenvalue weighted by molar-refractivity contribution is -0.116. The molecule has 138 valence electrons. The first-order valence-electron chi connectivity index (χ1n) is 8.35. The monoisotopic (exact) mass is 426 g/mol. The fraction of sp³-hybridized carbons (Fsp3) is 0.150. The summed E-state index contributed by atoms with van der Waals surface area (Å²) < 4.78 is 2.66. The van der Waals surface area contributed by atoms with Crippen LogP contribution in [0.15, 0.2) is 65.4 Å². The molecule has 0 saturated carbocycles. The Balaban J connectivity index is 1.62. The summed E-state index contributed by atoms with van der Waals surface area (Å²) in [6.07, 6.45) is 3.52. The van der Waals surface area contributed by atoms with E-state index in [1.807, 2.05) is 49.5 Å². The van der Waals surface area contributed by atoms with Gasteiger partial charge >= 0.3 is 0 Å². The molecule has 0 atom stereocenters. The molecule has 1 N–H and O–H groups in total. The Morgan fingerprint density at radius 1 is 1.19 bits per heavy atom. The van der Waals surface area contributed by atoms with E-state index in [0.717, 1.165) is 21.4 Å². The second kappa shape index (κ2) is 8.18. The number of aromatic nitrogens is 2. The van der Waals surface area contributed by atoms with Crippen LogP contribution in [-0.2, 0) is 4.79 Å². The highest BCUT2D eigenvalue weighted by Crippen LogP contribution is 2.20. The minimum atomic E-state index is -0.246. The van der Waals surface area contributed by atoms with Crippen LogP contribution >= 0.6 is 15.9 Å². The van der Waals surface area contributed by atoms with Gasteiger partial charge in [-0.3, -0.25) is 9.59 Å². The average molecular weight is 427 g/mol. The van der Waals surface area contributed by atoms with Gasteiger partial charge in [-0.15, -0.1) is 0 Å². The molecular formula is C20H19BrN4O2. The molecule has 2 aromatic carbocycles. The summed E-state index contributed by atoms with van der Waals surface area (Å²) in [7, 11) is 1.61. The van der Waals surface area contributed by atoms with Crippen molar-refractivity contribution in [1.82, 2.24) is 14.7 Å². The number of benzene rings is 2. The highest BCUT2D eigenvalue weighted by Gasteiger charge is 2.15. The first kappa shape index (κ1) is 18.8. The maximum Gasteiger partial charge on any atom is 0.254 e. The largest absolute Gasteiger partial charge is 0.332 e. The van der Waals surface area contributed by atoms with Crippen LogP contribution in [-0.4, -0.2) is 40.1 Å². The second-order valence-corrected chi connectivity index (χ2v) is 7.08. The third-order valence-corrected chi connectivity index (χ3v) is 4.57. The molecule has 0 aliphatic carbocycles. The molecule has 0 aliphatic rings. The Labute approximate surface area is 165 Å². The maximum absolute atomic E-state index is 12.6. The molecular weight excluding hydrogens is 408 g/mol. The zero-order valence-corrected chi connectivity index (χ0v) is 16.6. The van der Waals surface area contributed by atoms with Crippen LogP contribution in [0.2, 0.25) is 0 Å². The van der Waals surface area contributed by atoms with E-state index in [0.29, 0.717) is 5.56 Å². The van der Waals surface area contributed by atoms with Crippen molar-refractivity contribution in [3.05, 3.63) is 76.5 Å². The van der Waals surface area contributed by atoms with Gasteiger partial charge in [-0.05, 0) is 61.0 Å². The van der Waals surface area contributed by atoms with Crippen LogP contribution in [0.5, 0.6) is 0 Å². The lowest BCUT2D eigenvalue weighted by Crippen LogP contribution is -2.35. The molecule has 6 nitrogen and oxygen atoms in total. The van der Waals surface area contributed by atoms with E-state index in [1.165, 1.54) is 4.90 Å². The quantitative estimate of drug-likeness (QED) is 0.676. The first-order chi connectivity index (χ1) is 12.9. The van der Waals surface area contributed by atoms with Crippen molar-refractivity contribution in [1.29, 1.82) is 0 Å². The van der Waals surface area contributed by atoms with Gasteiger partial charge in [-0.2, -0.15) is 5.10 Å². The Hall–Kier alpha value is -2.93. The number of rotatable bonds is 5. The minimum absolute atomic E-state index is 0.0325. The topological polar surface area (TPSA) is 67.2 Å². The lowest BCUT2D eigenvalue weighted by Gasteiger charge is -2.17. The number of carbonyl (C=O) groups excluding carboxylic acids is 2. The minimum Gasteiger partial charge on any atom is -0.332 e. The molecule has 3 rings (SSSR count). The molecule has 7 heteroatoms. The Morgan fingerprint density at radius 3 is 2.56 bits per heavy atom. The fourth-order valence-electron chi connectivity index (χ4n) is 2.64. The number of likely N-dealkylation sites (N-methyl/N-ethyl adjacent to an activating group) is 1. The summed E-state index contributed by atoms with van der Waals surface area (Å²) >= 11 is 3.39. The fourth-order valence-corrected chi connectivity index (χ4v) is 3.12. The summed E-state index contributed by atoms with van der Waals surface area (Å²) in [6.45, 7) is 1.88. The van der Waals surface area contributed by atoms with Gasteiger partial charge < -0.3 is 10.2 Å². The van der Waals surface area contributed by atoms with Gasteiger partial charge in [0.25, 0.3) is 5.91 Å². The van der Waals surface area contributed by atoms with Crippen LogP contribution in [0.1, 0.15) is 15.9 Å². The van der Waals surface area contributed by atoms with E-state index < -0.39 is 0 Å². The maximum atomic E-state index is 12.6. The zero-order chi connectivity index (χ0) is 19.4. The van der Waals surface area contributed by atoms with Crippen molar-refractivity contribution in [3.8, 4) is 5.69 Å². The second-order valence-electron chi connectivity index (χ2n) is 6.17. The Morgan fingerprint density at radius 2 is 1.93 bits per heavy atom. The molecule has 27 heavy (non-hydrogen) atoms. The van der Waals surface area contributed by atoms with Crippen LogP contribution < -0.4 is 5.32 Å². The average Bonchev–Trinajstić information content (AvgIpc) is 3.18. The third-order valence-electron chi connectivity index (χ3n) is 4.07. The molecule has 0 fully saturated rings. The Kier molecular flexibility index (Phi) is 5.71. The number of aryl methyl sites for hydroxylation is 1. The molecule has 2 amide bonds. The predicted octanol–water partition coefficient (Wildman–Crippen LogP) is 3.65. The zero-order valence-electron chi connectivity index (χ0n) is 15.0. The molecule has 1 aromatic heterocycles. The number of halogens is 1. The first-order valence-corrected chi connectivity index (χ1v) is 9.15. The summed E-state index contributed by atoms with van der Waals surface area (Å²) in [5, 5.41) is 6.99. The van der Waals surface area contributed by atoms with E-state index >= 15 is 0 Å². The van der Waals surface area contributed by atoms with E-state index in [9.17, 15) is 9.59 Å².